The van der Waals surface area contributed by atoms with Crippen LogP contribution in [0.4, 0.5) is 5.69 Å². The van der Waals surface area contributed by atoms with Gasteiger partial charge in [-0.3, -0.25) is 4.79 Å². The van der Waals surface area contributed by atoms with Gasteiger partial charge in [0.2, 0.25) is 0 Å². The van der Waals surface area contributed by atoms with E-state index < -0.39 is 0 Å². The van der Waals surface area contributed by atoms with Crippen LogP contribution in [0.3, 0.4) is 0 Å². The molecule has 2 aromatic carbocycles. The van der Waals surface area contributed by atoms with Crippen molar-refractivity contribution < 1.29 is 9.21 Å². The lowest BCUT2D eigenvalue weighted by Crippen LogP contribution is -2.30. The molecule has 0 aliphatic carbocycles. The Morgan fingerprint density at radius 3 is 2.29 bits per heavy atom. The molecule has 0 radical (unpaired) electrons. The van der Waals surface area contributed by atoms with Gasteiger partial charge in [-0.2, -0.15) is 0 Å². The second-order valence-corrected chi connectivity index (χ2v) is 4.59. The summed E-state index contributed by atoms with van der Waals surface area (Å²) in [7, 11) is 0. The summed E-state index contributed by atoms with van der Waals surface area (Å²) in [5, 5.41) is 0. The van der Waals surface area contributed by atoms with Crippen LogP contribution in [0.5, 0.6) is 0 Å². The van der Waals surface area contributed by atoms with E-state index in [1.165, 1.54) is 12.7 Å². The minimum Gasteiger partial charge on any atom is -0.451 e. The van der Waals surface area contributed by atoms with E-state index in [4.69, 9.17) is 4.42 Å². The molecule has 0 bridgehead atoms. The monoisotopic (exact) mass is 278 g/mol. The van der Waals surface area contributed by atoms with E-state index in [9.17, 15) is 4.79 Å². The minimum atomic E-state index is -0.182. The molecule has 1 heterocycles. The summed E-state index contributed by atoms with van der Waals surface area (Å²) in [6, 6.07) is 19.4. The number of hydrogen-bond acceptors (Lipinski definition) is 3. The Kier molecular flexibility index (Phi) is 3.78. The molecule has 0 aliphatic heterocycles. The van der Waals surface area contributed by atoms with E-state index in [-0.39, 0.29) is 5.91 Å². The SMILES string of the molecule is O=C(c1cocn1)N(Cc1ccccc1)c1ccccc1. The predicted octanol–water partition coefficient (Wildman–Crippen LogP) is 3.52. The molecule has 0 aliphatic rings. The van der Waals surface area contributed by atoms with E-state index in [0.717, 1.165) is 11.3 Å². The maximum atomic E-state index is 12.6. The summed E-state index contributed by atoms with van der Waals surface area (Å²) in [6.45, 7) is 0.483. The smallest absolute Gasteiger partial charge is 0.280 e. The minimum absolute atomic E-state index is 0.182. The average molecular weight is 278 g/mol. The number of rotatable bonds is 4. The Balaban J connectivity index is 1.93. The first kappa shape index (κ1) is 13.1. The summed E-state index contributed by atoms with van der Waals surface area (Å²) < 4.78 is 4.91. The molecular weight excluding hydrogens is 264 g/mol. The average Bonchev–Trinajstić information content (AvgIpc) is 3.08. The number of hydrogen-bond donors (Lipinski definition) is 0. The van der Waals surface area contributed by atoms with E-state index in [2.05, 4.69) is 4.98 Å². The molecule has 0 atom stereocenters. The fourth-order valence-corrected chi connectivity index (χ4v) is 2.11. The largest absolute Gasteiger partial charge is 0.451 e. The van der Waals surface area contributed by atoms with Crippen LogP contribution < -0.4 is 4.90 Å². The van der Waals surface area contributed by atoms with Gasteiger partial charge in [0.15, 0.2) is 12.1 Å². The highest BCUT2D eigenvalue weighted by atomic mass is 16.3. The zero-order valence-electron chi connectivity index (χ0n) is 11.3. The molecule has 104 valence electrons. The Bertz CT molecular complexity index is 694. The topological polar surface area (TPSA) is 46.3 Å². The maximum Gasteiger partial charge on any atom is 0.280 e. The van der Waals surface area contributed by atoms with Crippen molar-refractivity contribution in [1.29, 1.82) is 0 Å². The molecule has 1 amide bonds. The lowest BCUT2D eigenvalue weighted by atomic mass is 10.2. The Morgan fingerprint density at radius 1 is 1.00 bits per heavy atom. The quantitative estimate of drug-likeness (QED) is 0.733. The summed E-state index contributed by atoms with van der Waals surface area (Å²) in [4.78, 5) is 18.2. The highest BCUT2D eigenvalue weighted by molar-refractivity contribution is 6.04. The zero-order valence-corrected chi connectivity index (χ0v) is 11.3. The molecule has 0 spiro atoms. The number of carbonyl (C=O) groups is 1. The third-order valence-electron chi connectivity index (χ3n) is 3.15. The van der Waals surface area contributed by atoms with Gasteiger partial charge in [-0.25, -0.2) is 4.98 Å². The van der Waals surface area contributed by atoms with Crippen molar-refractivity contribution >= 4 is 11.6 Å². The van der Waals surface area contributed by atoms with Crippen LogP contribution in [0.15, 0.2) is 77.7 Å². The first-order valence-electron chi connectivity index (χ1n) is 6.63. The molecule has 0 unspecified atom stereocenters. The van der Waals surface area contributed by atoms with Crippen molar-refractivity contribution in [2.75, 3.05) is 4.90 Å². The van der Waals surface area contributed by atoms with Gasteiger partial charge < -0.3 is 9.32 Å². The second kappa shape index (κ2) is 6.05. The number of oxazole rings is 1. The summed E-state index contributed by atoms with van der Waals surface area (Å²) in [5.41, 5.74) is 2.18. The van der Waals surface area contributed by atoms with Gasteiger partial charge in [-0.05, 0) is 17.7 Å². The van der Waals surface area contributed by atoms with Crippen molar-refractivity contribution in [2.24, 2.45) is 0 Å². The molecule has 3 aromatic rings. The third-order valence-corrected chi connectivity index (χ3v) is 3.15. The number of nitrogens with zero attached hydrogens (tertiary/aromatic N) is 2. The number of aromatic nitrogens is 1. The highest BCUT2D eigenvalue weighted by Gasteiger charge is 2.20. The number of amides is 1. The molecule has 0 saturated heterocycles. The molecule has 4 nitrogen and oxygen atoms in total. The van der Waals surface area contributed by atoms with Crippen molar-refractivity contribution in [3.8, 4) is 0 Å². The van der Waals surface area contributed by atoms with Crippen LogP contribution in [0.2, 0.25) is 0 Å². The molecule has 4 heteroatoms. The van der Waals surface area contributed by atoms with Gasteiger partial charge in [0.05, 0.1) is 6.54 Å². The standard InChI is InChI=1S/C17H14N2O2/c20-17(16-12-21-13-18-16)19(15-9-5-2-6-10-15)11-14-7-3-1-4-8-14/h1-10,12-13H,11H2. The van der Waals surface area contributed by atoms with Gasteiger partial charge in [0.25, 0.3) is 5.91 Å². The molecule has 0 N–H and O–H groups in total. The second-order valence-electron chi connectivity index (χ2n) is 4.59. The van der Waals surface area contributed by atoms with Crippen molar-refractivity contribution in [2.45, 2.75) is 6.54 Å². The van der Waals surface area contributed by atoms with Gasteiger partial charge in [0, 0.05) is 5.69 Å². The number of benzene rings is 2. The van der Waals surface area contributed by atoms with Gasteiger partial charge >= 0.3 is 0 Å². The maximum absolute atomic E-state index is 12.6. The number of carbonyl (C=O) groups excluding carboxylic acids is 1. The molecule has 3 rings (SSSR count). The van der Waals surface area contributed by atoms with Gasteiger partial charge in [0.1, 0.15) is 6.26 Å². The van der Waals surface area contributed by atoms with Crippen LogP contribution in [-0.4, -0.2) is 10.9 Å². The van der Waals surface area contributed by atoms with E-state index >= 15 is 0 Å². The normalized spacial score (nSPS) is 10.3. The lowest BCUT2D eigenvalue weighted by Gasteiger charge is -2.22. The molecule has 1 aromatic heterocycles. The van der Waals surface area contributed by atoms with E-state index in [1.54, 1.807) is 4.90 Å². The molecule has 0 saturated carbocycles. The molecular formula is C17H14N2O2. The van der Waals surface area contributed by atoms with Crippen molar-refractivity contribution in [1.82, 2.24) is 4.98 Å². The number of para-hydroxylation sites is 1. The summed E-state index contributed by atoms with van der Waals surface area (Å²) in [5.74, 6) is -0.182. The summed E-state index contributed by atoms with van der Waals surface area (Å²) in [6.07, 6.45) is 2.63. The van der Waals surface area contributed by atoms with Crippen molar-refractivity contribution in [3.05, 3.63) is 84.6 Å². The fraction of sp³-hybridized carbons (Fsp3) is 0.0588. The van der Waals surface area contributed by atoms with Crippen LogP contribution in [0, 0.1) is 0 Å². The predicted molar refractivity (Wildman–Crippen MR) is 79.9 cm³/mol. The van der Waals surface area contributed by atoms with Crippen LogP contribution in [0.1, 0.15) is 16.1 Å². The summed E-state index contributed by atoms with van der Waals surface area (Å²) >= 11 is 0. The third kappa shape index (κ3) is 3.00. The first-order chi connectivity index (χ1) is 10.3. The molecule has 0 fully saturated rings. The Labute approximate surface area is 122 Å². The van der Waals surface area contributed by atoms with E-state index in [1.807, 2.05) is 60.7 Å². The molecule has 21 heavy (non-hydrogen) atoms. The van der Waals surface area contributed by atoms with Gasteiger partial charge in [-0.1, -0.05) is 48.5 Å². The lowest BCUT2D eigenvalue weighted by molar-refractivity contribution is 0.0980. The van der Waals surface area contributed by atoms with Gasteiger partial charge in [-0.15, -0.1) is 0 Å². The van der Waals surface area contributed by atoms with Crippen LogP contribution in [-0.2, 0) is 6.54 Å². The van der Waals surface area contributed by atoms with Crippen molar-refractivity contribution in [3.63, 3.8) is 0 Å². The van der Waals surface area contributed by atoms with Crippen LogP contribution >= 0.6 is 0 Å². The zero-order chi connectivity index (χ0) is 14.5. The Morgan fingerprint density at radius 2 is 1.67 bits per heavy atom. The number of anilines is 1. The van der Waals surface area contributed by atoms with E-state index in [0.29, 0.717) is 12.2 Å². The first-order valence-corrected chi connectivity index (χ1v) is 6.63. The fourth-order valence-electron chi connectivity index (χ4n) is 2.11. The highest BCUT2D eigenvalue weighted by Crippen LogP contribution is 2.19. The Hall–Kier alpha value is -2.88. The van der Waals surface area contributed by atoms with Crippen LogP contribution in [0.25, 0.3) is 0 Å².